The Balaban J connectivity index is -0.000000327. The summed E-state index contributed by atoms with van der Waals surface area (Å²) in [6.45, 7) is 8.46. The molecule has 0 aromatic rings. The fraction of sp³-hybridized carbons (Fsp3) is 1.00. The second-order valence-corrected chi connectivity index (χ2v) is 12.4. The molecule has 0 saturated carbocycles. The van der Waals surface area contributed by atoms with Crippen LogP contribution in [0.25, 0.3) is 0 Å². The molecule has 0 saturated heterocycles. The van der Waals surface area contributed by atoms with Crippen LogP contribution in [0, 0.1) is 11.8 Å². The first kappa shape index (κ1) is 30.0. The first-order chi connectivity index (χ1) is 6.73. The quantitative estimate of drug-likeness (QED) is 0.275. The average Bonchev–Trinajstić information content (AvgIpc) is 2.00. The zero-order valence-electron chi connectivity index (χ0n) is 13.1. The Bertz CT molecular complexity index is 223. The molecule has 0 rings (SSSR count). The van der Waals surface area contributed by atoms with Crippen molar-refractivity contribution in [3.8, 4) is 0 Å². The molecule has 0 heterocycles. The average molecular weight is 338 g/mol. The van der Waals surface area contributed by atoms with Crippen LogP contribution in [-0.2, 0) is 22.3 Å². The number of hydrogen-bond donors (Lipinski definition) is 0. The summed E-state index contributed by atoms with van der Waals surface area (Å²) in [7, 11) is -0.568. The minimum atomic E-state index is -3.53. The van der Waals surface area contributed by atoms with Crippen LogP contribution in [-0.4, -0.2) is 11.5 Å². The molecule has 0 fully saturated rings. The molecule has 18 heavy (non-hydrogen) atoms. The number of rotatable bonds is 6. The van der Waals surface area contributed by atoms with Gasteiger partial charge < -0.3 is 27.7 Å². The summed E-state index contributed by atoms with van der Waals surface area (Å²) in [5.74, 6) is 2.63. The molecule has 0 spiro atoms. The van der Waals surface area contributed by atoms with Crippen molar-refractivity contribution >= 4 is 28.0 Å². The Hall–Kier alpha value is 4.05. The molecular weight excluding hydrogens is 316 g/mol. The van der Waals surface area contributed by atoms with E-state index in [1.165, 1.54) is 0 Å². The van der Waals surface area contributed by atoms with Gasteiger partial charge >= 0.3 is 88.7 Å². The third-order valence-electron chi connectivity index (χ3n) is 2.18. The molecule has 0 unspecified atom stereocenters. The van der Waals surface area contributed by atoms with Gasteiger partial charge in [0.05, 0.1) is 0 Å². The van der Waals surface area contributed by atoms with Gasteiger partial charge in [0.15, 0.2) is 0 Å². The smallest absolute Gasteiger partial charge is 0.854 e. The van der Waals surface area contributed by atoms with Crippen molar-refractivity contribution in [3.63, 3.8) is 0 Å². The summed E-state index contributed by atoms with van der Waals surface area (Å²) >= 11 is 4.62. The van der Waals surface area contributed by atoms with Crippen LogP contribution in [0.1, 0.15) is 40.5 Å². The van der Waals surface area contributed by atoms with Crippen molar-refractivity contribution in [3.05, 3.63) is 0 Å². The third-order valence-corrected chi connectivity index (χ3v) is 9.11. The Kier molecular flexibility index (Phi) is 26.5. The molecular formula is C10H22Na3O2PS2. The SMILES string of the molecule is CC(C)CCS(CCC(C)C)=P([O-])([O-])[S-].[Na+].[Na+].[Na+]. The van der Waals surface area contributed by atoms with E-state index in [1.807, 2.05) is 0 Å². The van der Waals surface area contributed by atoms with Crippen molar-refractivity contribution in [2.24, 2.45) is 11.8 Å². The monoisotopic (exact) mass is 338 g/mol. The molecule has 0 atom stereocenters. The molecule has 0 aliphatic rings. The van der Waals surface area contributed by atoms with E-state index in [9.17, 15) is 9.79 Å². The van der Waals surface area contributed by atoms with E-state index in [4.69, 9.17) is 0 Å². The van der Waals surface area contributed by atoms with E-state index < -0.39 is 15.8 Å². The summed E-state index contributed by atoms with van der Waals surface area (Å²) in [5.41, 5.74) is -3.53. The summed E-state index contributed by atoms with van der Waals surface area (Å²) < 4.78 is 0. The molecule has 0 aliphatic carbocycles. The van der Waals surface area contributed by atoms with E-state index in [-0.39, 0.29) is 88.7 Å². The van der Waals surface area contributed by atoms with Gasteiger partial charge in [0.2, 0.25) is 0 Å². The topological polar surface area (TPSA) is 46.1 Å². The van der Waals surface area contributed by atoms with Crippen molar-refractivity contribution in [1.29, 1.82) is 0 Å². The van der Waals surface area contributed by atoms with Gasteiger partial charge in [-0.25, -0.2) is 10.1 Å². The van der Waals surface area contributed by atoms with Gasteiger partial charge in [-0.2, -0.15) is 0 Å². The first-order valence-corrected chi connectivity index (χ1v) is 10.2. The molecule has 0 bridgehead atoms. The van der Waals surface area contributed by atoms with Crippen molar-refractivity contribution in [2.45, 2.75) is 40.5 Å². The fourth-order valence-electron chi connectivity index (χ4n) is 1.07. The van der Waals surface area contributed by atoms with Crippen molar-refractivity contribution in [1.82, 2.24) is 0 Å². The van der Waals surface area contributed by atoms with Gasteiger partial charge in [0.25, 0.3) is 0 Å². The second-order valence-electron chi connectivity index (χ2n) is 4.68. The van der Waals surface area contributed by atoms with Crippen LogP contribution >= 0.6 is 5.69 Å². The third kappa shape index (κ3) is 18.1. The van der Waals surface area contributed by atoms with Gasteiger partial charge in [-0.1, -0.05) is 27.7 Å². The first-order valence-electron chi connectivity index (χ1n) is 5.43. The van der Waals surface area contributed by atoms with E-state index in [0.29, 0.717) is 11.8 Å². The summed E-state index contributed by atoms with van der Waals surface area (Å²) in [4.78, 5) is 22.8. The van der Waals surface area contributed by atoms with E-state index >= 15 is 0 Å². The molecule has 0 N–H and O–H groups in total. The van der Waals surface area contributed by atoms with Crippen molar-refractivity contribution in [2.75, 3.05) is 11.5 Å². The van der Waals surface area contributed by atoms with Crippen LogP contribution in [0.4, 0.5) is 0 Å². The van der Waals surface area contributed by atoms with Gasteiger partial charge in [-0.05, 0) is 36.2 Å². The van der Waals surface area contributed by atoms with Gasteiger partial charge in [0.1, 0.15) is 0 Å². The summed E-state index contributed by atoms with van der Waals surface area (Å²) in [5, 5.41) is 0. The van der Waals surface area contributed by atoms with E-state index in [1.54, 1.807) is 0 Å². The normalized spacial score (nSPS) is 11.0. The molecule has 0 aliphatic heterocycles. The molecule has 0 radical (unpaired) electrons. The standard InChI is InChI=1S/C10H22O2PS2.3Na/c1-9(2)5-7-15(13(11,12)14)8-6-10(3)4;;;/h9-10H,5-8H2,1-4H3;;;/q-3;3*+1. The molecule has 0 aromatic carbocycles. The van der Waals surface area contributed by atoms with Crippen LogP contribution in [0.2, 0.25) is 0 Å². The van der Waals surface area contributed by atoms with Crippen molar-refractivity contribution < 1.29 is 98.5 Å². The van der Waals surface area contributed by atoms with Gasteiger partial charge in [-0.15, -0.1) is 0 Å². The minimum Gasteiger partial charge on any atom is -0.854 e. The molecule has 94 valence electrons. The molecule has 0 amide bonds. The van der Waals surface area contributed by atoms with Crippen LogP contribution in [0.5, 0.6) is 0 Å². The van der Waals surface area contributed by atoms with Crippen LogP contribution in [0.3, 0.4) is 0 Å². The maximum Gasteiger partial charge on any atom is 1.00 e. The maximum absolute atomic E-state index is 11.4. The Morgan fingerprint density at radius 2 is 1.17 bits per heavy atom. The second kappa shape index (κ2) is 15.9. The van der Waals surface area contributed by atoms with E-state index in [2.05, 4.69) is 39.9 Å². The largest absolute Gasteiger partial charge is 1.00 e. The molecule has 2 nitrogen and oxygen atoms in total. The summed E-state index contributed by atoms with van der Waals surface area (Å²) in [6, 6.07) is 0. The zero-order valence-corrected chi connectivity index (χ0v) is 21.6. The maximum atomic E-state index is 11.4. The molecule has 0 aromatic heterocycles. The van der Waals surface area contributed by atoms with Gasteiger partial charge in [-0.3, -0.25) is 0 Å². The predicted octanol–water partition coefficient (Wildman–Crippen LogP) is -7.35. The van der Waals surface area contributed by atoms with Crippen LogP contribution in [0.15, 0.2) is 0 Å². The minimum absolute atomic E-state index is 0. The van der Waals surface area contributed by atoms with Gasteiger partial charge in [0, 0.05) is 0 Å². The predicted molar refractivity (Wildman–Crippen MR) is 70.3 cm³/mol. The number of hydrogen-bond acceptors (Lipinski definition) is 3. The van der Waals surface area contributed by atoms with Crippen LogP contribution < -0.4 is 98.5 Å². The Labute approximate surface area is 187 Å². The fourth-order valence-corrected chi connectivity index (χ4v) is 6.52. The van der Waals surface area contributed by atoms with E-state index in [0.717, 1.165) is 24.3 Å². The summed E-state index contributed by atoms with van der Waals surface area (Å²) in [6.07, 6.45) is 1.92. The zero-order chi connectivity index (χ0) is 12.1. The Morgan fingerprint density at radius 1 is 0.889 bits per heavy atom. The molecule has 8 heteroatoms. The Morgan fingerprint density at radius 3 is 1.33 bits per heavy atom.